The van der Waals surface area contributed by atoms with Crippen molar-refractivity contribution >= 4 is 29.3 Å². The smallest absolute Gasteiger partial charge is 0.418 e. The minimum absolute atomic E-state index is 0.0207. The number of urea groups is 1. The largest absolute Gasteiger partial charge is 0.490 e. The Morgan fingerprint density at radius 3 is 2.46 bits per heavy atom. The lowest BCUT2D eigenvalue weighted by Crippen LogP contribution is -2.41. The van der Waals surface area contributed by atoms with E-state index in [2.05, 4.69) is 38.1 Å². The van der Waals surface area contributed by atoms with Crippen LogP contribution in [-0.2, 0) is 11.0 Å². The standard InChI is InChI=1S/C32H31F4N7O3/c1-42(30-38-40-41-39-30)29(44)16-19-2-4-20(5-3-19)21-6-8-22(9-7-21)23-10-13-27-28(17-23)46-15-14-43(27)31(45)37-26-12-11-24(33)18-25(26)32(34,35)36/h6-13,17-20H,2-5,14-16H2,1H3,(H,37,45)(H,38,39,40,41)/t19-,20-. The molecular formula is C32H31F4N7O3. The van der Waals surface area contributed by atoms with Gasteiger partial charge >= 0.3 is 12.2 Å². The molecule has 2 aliphatic rings. The minimum atomic E-state index is -4.84. The summed E-state index contributed by atoms with van der Waals surface area (Å²) in [6.07, 6.45) is -0.525. The number of aromatic amines is 1. The molecule has 46 heavy (non-hydrogen) atoms. The Kier molecular flexibility index (Phi) is 8.61. The van der Waals surface area contributed by atoms with Crippen molar-refractivity contribution in [3.63, 3.8) is 0 Å². The van der Waals surface area contributed by atoms with Crippen LogP contribution in [0.4, 0.5) is 39.7 Å². The third-order valence-corrected chi connectivity index (χ3v) is 8.65. The topological polar surface area (TPSA) is 116 Å². The number of nitrogens with one attached hydrogen (secondary N) is 2. The molecule has 0 saturated heterocycles. The van der Waals surface area contributed by atoms with E-state index in [0.717, 1.165) is 48.9 Å². The lowest BCUT2D eigenvalue weighted by molar-refractivity contribution is -0.137. The highest BCUT2D eigenvalue weighted by atomic mass is 19.4. The van der Waals surface area contributed by atoms with Crippen molar-refractivity contribution in [2.24, 2.45) is 5.92 Å². The van der Waals surface area contributed by atoms with Gasteiger partial charge in [0.2, 0.25) is 11.9 Å². The highest BCUT2D eigenvalue weighted by molar-refractivity contribution is 6.03. The number of halogens is 4. The van der Waals surface area contributed by atoms with Crippen LogP contribution in [-0.4, -0.2) is 52.8 Å². The molecule has 1 aliphatic heterocycles. The van der Waals surface area contributed by atoms with Crippen molar-refractivity contribution in [2.45, 2.75) is 44.2 Å². The van der Waals surface area contributed by atoms with E-state index in [-0.39, 0.29) is 19.1 Å². The monoisotopic (exact) mass is 637 g/mol. The first-order valence-electron chi connectivity index (χ1n) is 14.9. The fourth-order valence-electron chi connectivity index (χ4n) is 6.10. The van der Waals surface area contributed by atoms with Crippen LogP contribution in [0.25, 0.3) is 11.1 Å². The zero-order valence-electron chi connectivity index (χ0n) is 24.9. The molecule has 4 aromatic rings. The molecule has 0 radical (unpaired) electrons. The number of anilines is 3. The van der Waals surface area contributed by atoms with Crippen molar-refractivity contribution in [2.75, 3.05) is 35.3 Å². The van der Waals surface area contributed by atoms with Crippen LogP contribution in [0.1, 0.15) is 49.1 Å². The van der Waals surface area contributed by atoms with Crippen molar-refractivity contribution < 1.29 is 31.9 Å². The van der Waals surface area contributed by atoms with Crippen molar-refractivity contribution in [3.05, 3.63) is 77.6 Å². The number of aromatic nitrogens is 4. The molecule has 1 aromatic heterocycles. The summed E-state index contributed by atoms with van der Waals surface area (Å²) in [6.45, 7) is 0.279. The SMILES string of the molecule is CN(C(=O)C[C@H]1CC[C@H](c2ccc(-c3ccc4c(c3)OCCN4C(=O)Nc3ccc(F)cc3C(F)(F)F)cc2)CC1)c1nnn[nH]1. The second kappa shape index (κ2) is 12.8. The van der Waals surface area contributed by atoms with Gasteiger partial charge in [-0.2, -0.15) is 13.2 Å². The van der Waals surface area contributed by atoms with Gasteiger partial charge in [-0.15, -0.1) is 0 Å². The molecule has 3 aromatic carbocycles. The molecule has 0 unspecified atom stereocenters. The number of carbonyl (C=O) groups is 2. The average Bonchev–Trinajstić information content (AvgIpc) is 3.60. The van der Waals surface area contributed by atoms with Gasteiger partial charge in [0.05, 0.1) is 23.5 Å². The number of carbonyl (C=O) groups excluding carboxylic acids is 2. The van der Waals surface area contributed by atoms with Gasteiger partial charge in [-0.1, -0.05) is 35.4 Å². The summed E-state index contributed by atoms with van der Waals surface area (Å²) in [4.78, 5) is 28.4. The third-order valence-electron chi connectivity index (χ3n) is 8.65. The summed E-state index contributed by atoms with van der Waals surface area (Å²) in [5.74, 6) is 0.390. The quantitative estimate of drug-likeness (QED) is 0.225. The molecular weight excluding hydrogens is 606 g/mol. The van der Waals surface area contributed by atoms with Gasteiger partial charge in [0, 0.05) is 13.5 Å². The summed E-state index contributed by atoms with van der Waals surface area (Å²) in [7, 11) is 1.66. The van der Waals surface area contributed by atoms with Gasteiger partial charge in [-0.25, -0.2) is 14.3 Å². The van der Waals surface area contributed by atoms with E-state index in [1.54, 1.807) is 19.2 Å². The number of nitrogens with zero attached hydrogens (tertiary/aromatic N) is 5. The highest BCUT2D eigenvalue weighted by Gasteiger charge is 2.35. The van der Waals surface area contributed by atoms with E-state index < -0.39 is 29.3 Å². The third kappa shape index (κ3) is 6.65. The predicted molar refractivity (Wildman–Crippen MR) is 162 cm³/mol. The van der Waals surface area contributed by atoms with Gasteiger partial charge in [-0.05, 0) is 95.0 Å². The highest BCUT2D eigenvalue weighted by Crippen LogP contribution is 2.40. The Morgan fingerprint density at radius 2 is 1.76 bits per heavy atom. The number of hydrogen-bond acceptors (Lipinski definition) is 6. The second-order valence-electron chi connectivity index (χ2n) is 11.5. The molecule has 2 heterocycles. The molecule has 0 spiro atoms. The Morgan fingerprint density at radius 1 is 1.02 bits per heavy atom. The summed E-state index contributed by atoms with van der Waals surface area (Å²) in [5.41, 5.74) is 1.66. The molecule has 1 aliphatic carbocycles. The van der Waals surface area contributed by atoms with Crippen LogP contribution >= 0.6 is 0 Å². The van der Waals surface area contributed by atoms with Crippen LogP contribution in [0.15, 0.2) is 60.7 Å². The zero-order valence-corrected chi connectivity index (χ0v) is 24.9. The second-order valence-corrected chi connectivity index (χ2v) is 11.5. The Labute approximate surface area is 261 Å². The minimum Gasteiger partial charge on any atom is -0.490 e. The number of amides is 3. The molecule has 0 bridgehead atoms. The van der Waals surface area contributed by atoms with Crippen LogP contribution in [0.3, 0.4) is 0 Å². The van der Waals surface area contributed by atoms with Crippen molar-refractivity contribution in [1.29, 1.82) is 0 Å². The number of tetrazole rings is 1. The first-order chi connectivity index (χ1) is 22.1. The molecule has 240 valence electrons. The van der Waals surface area contributed by atoms with E-state index in [0.29, 0.717) is 41.7 Å². The van der Waals surface area contributed by atoms with Crippen molar-refractivity contribution in [3.8, 4) is 16.9 Å². The van der Waals surface area contributed by atoms with Gasteiger partial charge in [-0.3, -0.25) is 14.6 Å². The summed E-state index contributed by atoms with van der Waals surface area (Å²) in [5, 5.41) is 15.7. The zero-order chi connectivity index (χ0) is 32.4. The molecule has 1 fully saturated rings. The van der Waals surface area contributed by atoms with E-state index in [1.165, 1.54) is 15.4 Å². The summed E-state index contributed by atoms with van der Waals surface area (Å²) in [6, 6.07) is 15.0. The Hall–Kier alpha value is -5.01. The number of alkyl halides is 3. The fourth-order valence-corrected chi connectivity index (χ4v) is 6.10. The molecule has 10 nitrogen and oxygen atoms in total. The van der Waals surface area contributed by atoms with E-state index in [4.69, 9.17) is 4.74 Å². The van der Waals surface area contributed by atoms with Crippen LogP contribution < -0.4 is 19.9 Å². The molecule has 0 atom stereocenters. The molecule has 14 heteroatoms. The Bertz CT molecular complexity index is 1710. The number of benzene rings is 3. The van der Waals surface area contributed by atoms with Crippen LogP contribution in [0.5, 0.6) is 5.75 Å². The van der Waals surface area contributed by atoms with Gasteiger partial charge in [0.15, 0.2) is 0 Å². The van der Waals surface area contributed by atoms with Gasteiger partial charge in [0.25, 0.3) is 0 Å². The van der Waals surface area contributed by atoms with Gasteiger partial charge in [0.1, 0.15) is 18.2 Å². The number of rotatable bonds is 6. The first-order valence-corrected chi connectivity index (χ1v) is 14.9. The van der Waals surface area contributed by atoms with Crippen LogP contribution in [0.2, 0.25) is 0 Å². The van der Waals surface area contributed by atoms with E-state index in [1.807, 2.05) is 18.2 Å². The lowest BCUT2D eigenvalue weighted by Gasteiger charge is -2.30. The van der Waals surface area contributed by atoms with E-state index in [9.17, 15) is 27.2 Å². The van der Waals surface area contributed by atoms with E-state index >= 15 is 0 Å². The lowest BCUT2D eigenvalue weighted by atomic mass is 9.77. The van der Waals surface area contributed by atoms with Crippen molar-refractivity contribution in [1.82, 2.24) is 20.6 Å². The summed E-state index contributed by atoms with van der Waals surface area (Å²) < 4.78 is 59.7. The fraction of sp³-hybridized carbons (Fsp3) is 0.344. The number of fused-ring (bicyclic) bond motifs is 1. The molecule has 2 N–H and O–H groups in total. The molecule has 3 amide bonds. The normalized spacial score (nSPS) is 18.0. The maximum absolute atomic E-state index is 13.5. The first kappa shape index (κ1) is 31.0. The number of hydrogen-bond donors (Lipinski definition) is 2. The maximum Gasteiger partial charge on any atom is 0.418 e. The van der Waals surface area contributed by atoms with Crippen LogP contribution in [0, 0.1) is 11.7 Å². The molecule has 1 saturated carbocycles. The summed E-state index contributed by atoms with van der Waals surface area (Å²) >= 11 is 0. The predicted octanol–water partition coefficient (Wildman–Crippen LogP) is 6.78. The van der Waals surface area contributed by atoms with Gasteiger partial charge < -0.3 is 10.1 Å². The maximum atomic E-state index is 13.5. The molecule has 6 rings (SSSR count). The number of H-pyrrole nitrogens is 1. The Balaban J connectivity index is 1.08. The number of ether oxygens (including phenoxy) is 1. The average molecular weight is 638 g/mol.